The van der Waals surface area contributed by atoms with E-state index in [2.05, 4.69) is 6.92 Å². The van der Waals surface area contributed by atoms with E-state index in [1.165, 1.54) is 4.90 Å². The standard InChI is InChI=1S/C29H29ClN2O5/c1-3-5-16-36-23-15-14-19(17-24(23)35-4-2)26-25-27(37-32(26)21-11-7-6-8-12-21)29(34)31(28(25)33)22-13-9-10-20(30)18-22/h6-15,17-18,25-27H,3-5,16H2,1-2H3/t25-,26-,27-/m0/s1. The van der Waals surface area contributed by atoms with Gasteiger partial charge in [-0.1, -0.05) is 55.3 Å². The van der Waals surface area contributed by atoms with Gasteiger partial charge in [0.1, 0.15) is 5.92 Å². The van der Waals surface area contributed by atoms with Crippen LogP contribution in [0.5, 0.6) is 11.5 Å². The number of halogens is 1. The number of imide groups is 1. The Labute approximate surface area is 221 Å². The molecule has 192 valence electrons. The van der Waals surface area contributed by atoms with Gasteiger partial charge in [-0.25, -0.2) is 9.96 Å². The van der Waals surface area contributed by atoms with E-state index >= 15 is 0 Å². The van der Waals surface area contributed by atoms with Crippen molar-refractivity contribution >= 4 is 34.8 Å². The maximum Gasteiger partial charge on any atom is 0.266 e. The van der Waals surface area contributed by atoms with Crippen molar-refractivity contribution in [1.29, 1.82) is 0 Å². The molecule has 2 saturated heterocycles. The van der Waals surface area contributed by atoms with E-state index in [0.717, 1.165) is 24.1 Å². The first-order valence-electron chi connectivity index (χ1n) is 12.6. The second-order valence-corrected chi connectivity index (χ2v) is 9.43. The van der Waals surface area contributed by atoms with Gasteiger partial charge in [-0.3, -0.25) is 14.4 Å². The lowest BCUT2D eigenvalue weighted by Gasteiger charge is -2.29. The van der Waals surface area contributed by atoms with Crippen LogP contribution in [0.4, 0.5) is 11.4 Å². The highest BCUT2D eigenvalue weighted by Crippen LogP contribution is 2.48. The number of rotatable bonds is 9. The van der Waals surface area contributed by atoms with Gasteiger partial charge >= 0.3 is 0 Å². The molecule has 3 atom stereocenters. The van der Waals surface area contributed by atoms with E-state index < -0.39 is 24.0 Å². The summed E-state index contributed by atoms with van der Waals surface area (Å²) in [5, 5.41) is 2.11. The molecule has 0 aromatic heterocycles. The average Bonchev–Trinajstić information content (AvgIpc) is 3.41. The Hall–Kier alpha value is -3.55. The number of carbonyl (C=O) groups excluding carboxylic acids is 2. The van der Waals surface area contributed by atoms with Crippen molar-refractivity contribution < 1.29 is 23.9 Å². The van der Waals surface area contributed by atoms with Gasteiger partial charge in [0.25, 0.3) is 5.91 Å². The zero-order valence-electron chi connectivity index (χ0n) is 20.8. The maximum absolute atomic E-state index is 13.8. The van der Waals surface area contributed by atoms with Gasteiger partial charge in [0.15, 0.2) is 17.6 Å². The Morgan fingerprint density at radius 3 is 2.38 bits per heavy atom. The summed E-state index contributed by atoms with van der Waals surface area (Å²) in [6, 6.07) is 21.3. The Bertz CT molecular complexity index is 1280. The average molecular weight is 521 g/mol. The highest BCUT2D eigenvalue weighted by atomic mass is 35.5. The van der Waals surface area contributed by atoms with E-state index in [9.17, 15) is 9.59 Å². The van der Waals surface area contributed by atoms with Gasteiger partial charge in [0, 0.05) is 5.02 Å². The van der Waals surface area contributed by atoms with Crippen molar-refractivity contribution in [3.63, 3.8) is 0 Å². The highest BCUT2D eigenvalue weighted by molar-refractivity contribution is 6.31. The minimum absolute atomic E-state index is 0.332. The van der Waals surface area contributed by atoms with Crippen LogP contribution in [0.2, 0.25) is 5.02 Å². The molecule has 0 aliphatic carbocycles. The molecule has 0 radical (unpaired) electrons. The van der Waals surface area contributed by atoms with Crippen molar-refractivity contribution in [2.45, 2.75) is 38.8 Å². The summed E-state index contributed by atoms with van der Waals surface area (Å²) in [5.41, 5.74) is 1.97. The van der Waals surface area contributed by atoms with Gasteiger partial charge < -0.3 is 9.47 Å². The summed E-state index contributed by atoms with van der Waals surface area (Å²) in [5.74, 6) is -0.258. The smallest absolute Gasteiger partial charge is 0.266 e. The molecule has 0 spiro atoms. The Morgan fingerprint density at radius 1 is 0.865 bits per heavy atom. The molecule has 7 nitrogen and oxygen atoms in total. The van der Waals surface area contributed by atoms with Gasteiger partial charge in [-0.2, -0.15) is 0 Å². The molecule has 5 rings (SSSR count). The van der Waals surface area contributed by atoms with Crippen molar-refractivity contribution in [2.24, 2.45) is 5.92 Å². The van der Waals surface area contributed by atoms with Crippen molar-refractivity contribution in [3.05, 3.63) is 83.4 Å². The van der Waals surface area contributed by atoms with Crippen molar-refractivity contribution in [3.8, 4) is 11.5 Å². The predicted octanol–water partition coefficient (Wildman–Crippen LogP) is 5.97. The third kappa shape index (κ3) is 4.77. The first-order valence-corrected chi connectivity index (χ1v) is 12.9. The van der Waals surface area contributed by atoms with E-state index in [0.29, 0.717) is 35.4 Å². The monoisotopic (exact) mass is 520 g/mol. The minimum Gasteiger partial charge on any atom is -0.490 e. The number of hydrogen-bond acceptors (Lipinski definition) is 6. The van der Waals surface area contributed by atoms with Crippen LogP contribution in [-0.2, 0) is 14.4 Å². The Kier molecular flexibility index (Phi) is 7.35. The Morgan fingerprint density at radius 2 is 1.65 bits per heavy atom. The van der Waals surface area contributed by atoms with E-state index in [-0.39, 0.29) is 5.91 Å². The molecule has 0 unspecified atom stereocenters. The maximum atomic E-state index is 13.8. The second-order valence-electron chi connectivity index (χ2n) is 8.99. The van der Waals surface area contributed by atoms with Crippen LogP contribution in [-0.4, -0.2) is 31.1 Å². The zero-order valence-corrected chi connectivity index (χ0v) is 21.6. The molecular formula is C29H29ClN2O5. The molecule has 8 heteroatoms. The number of unbranched alkanes of at least 4 members (excludes halogenated alkanes) is 1. The van der Waals surface area contributed by atoms with Crippen LogP contribution < -0.4 is 19.4 Å². The summed E-state index contributed by atoms with van der Waals surface area (Å²) in [7, 11) is 0. The van der Waals surface area contributed by atoms with Crippen LogP contribution in [0.3, 0.4) is 0 Å². The number of para-hydroxylation sites is 1. The molecule has 3 aromatic carbocycles. The highest BCUT2D eigenvalue weighted by Gasteiger charge is 2.60. The second kappa shape index (κ2) is 10.8. The quantitative estimate of drug-likeness (QED) is 0.256. The van der Waals surface area contributed by atoms with Gasteiger partial charge in [-0.15, -0.1) is 0 Å². The van der Waals surface area contributed by atoms with Gasteiger partial charge in [0.2, 0.25) is 5.91 Å². The number of fused-ring (bicyclic) bond motifs is 1. The lowest BCUT2D eigenvalue weighted by molar-refractivity contribution is -0.126. The molecule has 2 amide bonds. The third-order valence-electron chi connectivity index (χ3n) is 6.56. The summed E-state index contributed by atoms with van der Waals surface area (Å²) >= 11 is 6.16. The topological polar surface area (TPSA) is 68.3 Å². The van der Waals surface area contributed by atoms with Crippen molar-refractivity contribution in [2.75, 3.05) is 23.2 Å². The molecule has 3 aromatic rings. The molecule has 2 aliphatic rings. The zero-order chi connectivity index (χ0) is 25.9. The third-order valence-corrected chi connectivity index (χ3v) is 6.79. The number of carbonyl (C=O) groups is 2. The predicted molar refractivity (Wildman–Crippen MR) is 142 cm³/mol. The summed E-state index contributed by atoms with van der Waals surface area (Å²) in [6.45, 7) is 5.07. The van der Waals surface area contributed by atoms with Crippen LogP contribution in [0, 0.1) is 5.92 Å². The summed E-state index contributed by atoms with van der Waals surface area (Å²) in [6.07, 6.45) is 0.994. The van der Waals surface area contributed by atoms with Crippen LogP contribution in [0.1, 0.15) is 38.3 Å². The molecule has 37 heavy (non-hydrogen) atoms. The lowest BCUT2D eigenvalue weighted by Crippen LogP contribution is -2.37. The summed E-state index contributed by atoms with van der Waals surface area (Å²) < 4.78 is 11.9. The number of nitrogens with zero attached hydrogens (tertiary/aromatic N) is 2. The number of hydroxylamine groups is 1. The molecule has 2 aliphatic heterocycles. The van der Waals surface area contributed by atoms with Gasteiger partial charge in [-0.05, 0) is 61.4 Å². The molecule has 0 saturated carbocycles. The molecule has 0 bridgehead atoms. The van der Waals surface area contributed by atoms with Gasteiger partial charge in [0.05, 0.1) is 30.6 Å². The van der Waals surface area contributed by atoms with Crippen molar-refractivity contribution in [1.82, 2.24) is 0 Å². The van der Waals surface area contributed by atoms with Crippen LogP contribution >= 0.6 is 11.6 Å². The lowest BCUT2D eigenvalue weighted by atomic mass is 9.90. The molecule has 2 heterocycles. The number of hydrogen-bond donors (Lipinski definition) is 0. The Balaban J connectivity index is 1.55. The minimum atomic E-state index is -0.965. The van der Waals surface area contributed by atoms with E-state index in [1.807, 2.05) is 55.5 Å². The molecule has 2 fully saturated rings. The number of benzene rings is 3. The number of ether oxygens (including phenoxy) is 2. The summed E-state index contributed by atoms with van der Waals surface area (Å²) in [4.78, 5) is 34.7. The fourth-order valence-corrected chi connectivity index (χ4v) is 5.03. The molecular weight excluding hydrogens is 492 g/mol. The van der Waals surface area contributed by atoms with E-state index in [1.54, 1.807) is 29.3 Å². The largest absolute Gasteiger partial charge is 0.490 e. The fourth-order valence-electron chi connectivity index (χ4n) is 4.84. The van der Waals surface area contributed by atoms with Crippen LogP contribution in [0.25, 0.3) is 0 Å². The van der Waals surface area contributed by atoms with E-state index in [4.69, 9.17) is 25.9 Å². The molecule has 0 N–H and O–H groups in total. The first-order chi connectivity index (χ1) is 18.0. The number of anilines is 2. The number of amides is 2. The van der Waals surface area contributed by atoms with Crippen LogP contribution in [0.15, 0.2) is 72.8 Å². The fraction of sp³-hybridized carbons (Fsp3) is 0.310. The SMILES string of the molecule is CCCCOc1ccc([C@H]2[C@@H]3C(=O)N(c4cccc(Cl)c4)C(=O)[C@H]3ON2c2ccccc2)cc1OCC. The first kappa shape index (κ1) is 25.1. The normalized spacial score (nSPS) is 20.9.